The number of aromatic nitrogens is 1. The summed E-state index contributed by atoms with van der Waals surface area (Å²) in [5.41, 5.74) is 2.13. The van der Waals surface area contributed by atoms with E-state index in [-0.39, 0.29) is 18.0 Å². The lowest BCUT2D eigenvalue weighted by Crippen LogP contribution is -2.23. The van der Waals surface area contributed by atoms with E-state index in [1.54, 1.807) is 0 Å². The maximum Gasteiger partial charge on any atom is 0.422 e. The molecule has 1 atom stereocenters. The van der Waals surface area contributed by atoms with Gasteiger partial charge in [-0.15, -0.1) is 0 Å². The first-order chi connectivity index (χ1) is 12.8. The molecule has 0 saturated carbocycles. The summed E-state index contributed by atoms with van der Waals surface area (Å²) < 4.78 is 48.1. The Morgan fingerprint density at radius 3 is 2.93 bits per heavy atom. The number of fused-ring (bicyclic) bond motifs is 1. The molecule has 5 nitrogen and oxygen atoms in total. The van der Waals surface area contributed by atoms with E-state index in [0.29, 0.717) is 11.1 Å². The topological polar surface area (TPSA) is 60.5 Å². The Morgan fingerprint density at radius 1 is 1.37 bits per heavy atom. The van der Waals surface area contributed by atoms with E-state index in [1.807, 2.05) is 24.3 Å². The predicted octanol–water partition coefficient (Wildman–Crippen LogP) is 4.43. The first-order valence-corrected chi connectivity index (χ1v) is 8.95. The second kappa shape index (κ2) is 8.26. The molecule has 9 heteroatoms. The number of anilines is 1. The van der Waals surface area contributed by atoms with E-state index in [1.165, 1.54) is 12.3 Å². The number of nitrogens with one attached hydrogen (secondary N) is 1. The zero-order valence-corrected chi connectivity index (χ0v) is 15.6. The molecule has 1 aliphatic heterocycles. The van der Waals surface area contributed by atoms with E-state index < -0.39 is 24.8 Å². The van der Waals surface area contributed by atoms with E-state index in [0.717, 1.165) is 17.5 Å². The summed E-state index contributed by atoms with van der Waals surface area (Å²) >= 11 is 3.18. The Labute approximate surface area is 162 Å². The van der Waals surface area contributed by atoms with Gasteiger partial charge in [0.1, 0.15) is 5.69 Å². The van der Waals surface area contributed by atoms with Crippen molar-refractivity contribution in [2.24, 2.45) is 0 Å². The molecule has 1 aromatic heterocycles. The minimum absolute atomic E-state index is 0.0300. The molecular weight excluding hydrogens is 429 g/mol. The van der Waals surface area contributed by atoms with Crippen molar-refractivity contribution in [2.75, 3.05) is 18.5 Å². The van der Waals surface area contributed by atoms with Crippen molar-refractivity contribution in [2.45, 2.75) is 25.1 Å². The summed E-state index contributed by atoms with van der Waals surface area (Å²) in [6, 6.07) is 9.14. The lowest BCUT2D eigenvalue weighted by molar-refractivity contribution is -0.153. The molecule has 0 spiro atoms. The third kappa shape index (κ3) is 5.43. The number of hydrogen-bond acceptors (Lipinski definition) is 4. The number of rotatable bonds is 5. The van der Waals surface area contributed by atoms with Gasteiger partial charge in [0.15, 0.2) is 6.61 Å². The van der Waals surface area contributed by atoms with Crippen LogP contribution in [0, 0.1) is 0 Å². The molecule has 1 amide bonds. The lowest BCUT2D eigenvalue weighted by atomic mass is 9.95. The van der Waals surface area contributed by atoms with Gasteiger partial charge in [0, 0.05) is 10.7 Å². The molecular formula is C18H16BrF3N2O3. The maximum atomic E-state index is 12.4. The SMILES string of the molecule is O=C(CC1OCCc2ccccc21)Nc1cc(Br)cnc1OCC(F)(F)F. The Morgan fingerprint density at radius 2 is 2.15 bits per heavy atom. The number of alkyl halides is 3. The number of halogens is 4. The van der Waals surface area contributed by atoms with Gasteiger partial charge in [-0.1, -0.05) is 24.3 Å². The van der Waals surface area contributed by atoms with Gasteiger partial charge in [-0.3, -0.25) is 4.79 Å². The number of carbonyl (C=O) groups is 1. The molecule has 1 aromatic carbocycles. The molecule has 0 radical (unpaired) electrons. The smallest absolute Gasteiger partial charge is 0.422 e. The van der Waals surface area contributed by atoms with Gasteiger partial charge in [0.05, 0.1) is 19.1 Å². The number of benzene rings is 1. The van der Waals surface area contributed by atoms with Crippen LogP contribution in [-0.2, 0) is 16.0 Å². The number of amides is 1. The van der Waals surface area contributed by atoms with Crippen LogP contribution in [0.2, 0.25) is 0 Å². The highest BCUT2D eigenvalue weighted by Gasteiger charge is 2.29. The van der Waals surface area contributed by atoms with Gasteiger partial charge >= 0.3 is 6.18 Å². The number of pyridine rings is 1. The molecule has 144 valence electrons. The highest BCUT2D eigenvalue weighted by Crippen LogP contribution is 2.31. The molecule has 3 rings (SSSR count). The van der Waals surface area contributed by atoms with Gasteiger partial charge < -0.3 is 14.8 Å². The molecule has 0 fully saturated rings. The summed E-state index contributed by atoms with van der Waals surface area (Å²) in [4.78, 5) is 16.2. The van der Waals surface area contributed by atoms with Gasteiger partial charge in [0.2, 0.25) is 11.8 Å². The van der Waals surface area contributed by atoms with Crippen molar-refractivity contribution >= 4 is 27.5 Å². The number of nitrogens with zero attached hydrogens (tertiary/aromatic N) is 1. The van der Waals surface area contributed by atoms with Crippen molar-refractivity contribution in [1.29, 1.82) is 0 Å². The first kappa shape index (κ1) is 19.6. The first-order valence-electron chi connectivity index (χ1n) is 8.16. The maximum absolute atomic E-state index is 12.4. The Bertz CT molecular complexity index is 830. The fourth-order valence-corrected chi connectivity index (χ4v) is 3.13. The van der Waals surface area contributed by atoms with Crippen LogP contribution in [0.5, 0.6) is 5.88 Å². The van der Waals surface area contributed by atoms with Gasteiger partial charge in [0.25, 0.3) is 0 Å². The fraction of sp³-hybridized carbons (Fsp3) is 0.333. The fourth-order valence-electron chi connectivity index (χ4n) is 2.80. The summed E-state index contributed by atoms with van der Waals surface area (Å²) in [6.07, 6.45) is -2.81. The number of ether oxygens (including phenoxy) is 2. The van der Waals surface area contributed by atoms with Crippen molar-refractivity contribution in [1.82, 2.24) is 4.98 Å². The zero-order chi connectivity index (χ0) is 19.4. The highest BCUT2D eigenvalue weighted by atomic mass is 79.9. The second-order valence-electron chi connectivity index (χ2n) is 5.97. The van der Waals surface area contributed by atoms with Crippen molar-refractivity contribution in [3.63, 3.8) is 0 Å². The molecule has 2 heterocycles. The average Bonchev–Trinajstić information content (AvgIpc) is 2.60. The van der Waals surface area contributed by atoms with Gasteiger partial charge in [-0.2, -0.15) is 13.2 Å². The second-order valence-corrected chi connectivity index (χ2v) is 6.89. The molecule has 27 heavy (non-hydrogen) atoms. The van der Waals surface area contributed by atoms with Crippen LogP contribution in [0.4, 0.5) is 18.9 Å². The largest absolute Gasteiger partial charge is 0.467 e. The van der Waals surface area contributed by atoms with Crippen LogP contribution in [0.3, 0.4) is 0 Å². The van der Waals surface area contributed by atoms with E-state index in [4.69, 9.17) is 9.47 Å². The summed E-state index contributed by atoms with van der Waals surface area (Å²) in [6.45, 7) is -0.989. The lowest BCUT2D eigenvalue weighted by Gasteiger charge is -2.25. The Balaban J connectivity index is 1.70. The highest BCUT2D eigenvalue weighted by molar-refractivity contribution is 9.10. The summed E-state index contributed by atoms with van der Waals surface area (Å²) in [5, 5.41) is 2.56. The summed E-state index contributed by atoms with van der Waals surface area (Å²) in [7, 11) is 0. The van der Waals surface area contributed by atoms with Gasteiger partial charge in [-0.25, -0.2) is 4.98 Å². The van der Waals surface area contributed by atoms with E-state index >= 15 is 0 Å². The minimum Gasteiger partial charge on any atom is -0.467 e. The van der Waals surface area contributed by atoms with E-state index in [9.17, 15) is 18.0 Å². The average molecular weight is 445 g/mol. The molecule has 1 N–H and O–H groups in total. The number of hydrogen-bond donors (Lipinski definition) is 1. The minimum atomic E-state index is -4.50. The van der Waals surface area contributed by atoms with Crippen LogP contribution in [0.25, 0.3) is 0 Å². The van der Waals surface area contributed by atoms with Crippen LogP contribution in [0.1, 0.15) is 23.7 Å². The van der Waals surface area contributed by atoms with Crippen LogP contribution >= 0.6 is 15.9 Å². The molecule has 2 aromatic rings. The molecule has 0 saturated heterocycles. The van der Waals surface area contributed by atoms with Crippen LogP contribution in [-0.4, -0.2) is 30.3 Å². The normalized spacial score (nSPS) is 16.5. The van der Waals surface area contributed by atoms with Crippen molar-refractivity contribution in [3.05, 3.63) is 52.1 Å². The van der Waals surface area contributed by atoms with Gasteiger partial charge in [-0.05, 0) is 39.5 Å². The Hall–Kier alpha value is -2.13. The standard InChI is InChI=1S/C18H16BrF3N2O3/c19-12-7-14(17(23-9-12)27-10-18(20,21)22)24-16(25)8-15-13-4-2-1-3-11(13)5-6-26-15/h1-4,7,9,15H,5-6,8,10H2,(H,24,25). The molecule has 1 unspecified atom stereocenters. The van der Waals surface area contributed by atoms with Crippen LogP contribution in [0.15, 0.2) is 41.0 Å². The Kier molecular flexibility index (Phi) is 6.01. The molecule has 1 aliphatic rings. The monoisotopic (exact) mass is 444 g/mol. The van der Waals surface area contributed by atoms with Crippen molar-refractivity contribution < 1.29 is 27.4 Å². The quantitative estimate of drug-likeness (QED) is 0.740. The number of carbonyl (C=O) groups excluding carboxylic acids is 1. The predicted molar refractivity (Wildman–Crippen MR) is 95.6 cm³/mol. The molecule has 0 bridgehead atoms. The zero-order valence-electron chi connectivity index (χ0n) is 14.1. The third-order valence-electron chi connectivity index (χ3n) is 3.93. The third-order valence-corrected chi connectivity index (χ3v) is 4.36. The van der Waals surface area contributed by atoms with Crippen molar-refractivity contribution in [3.8, 4) is 5.88 Å². The summed E-state index contributed by atoms with van der Waals surface area (Å²) in [5.74, 6) is -0.706. The van der Waals surface area contributed by atoms with Crippen LogP contribution < -0.4 is 10.1 Å². The van der Waals surface area contributed by atoms with E-state index in [2.05, 4.69) is 26.2 Å². The molecule has 0 aliphatic carbocycles.